The molecule has 1 saturated heterocycles. The first-order valence-corrected chi connectivity index (χ1v) is 10.2. The van der Waals surface area contributed by atoms with Crippen molar-refractivity contribution in [1.82, 2.24) is 0 Å². The Labute approximate surface area is 175 Å². The molecule has 7 heteroatoms. The molecule has 0 radical (unpaired) electrons. The van der Waals surface area contributed by atoms with E-state index in [1.807, 2.05) is 30.3 Å². The second kappa shape index (κ2) is 7.02. The number of anilines is 2. The number of hydrogen-bond donors (Lipinski definition) is 0. The molecule has 30 heavy (non-hydrogen) atoms. The summed E-state index contributed by atoms with van der Waals surface area (Å²) in [4.78, 5) is 28.3. The van der Waals surface area contributed by atoms with Crippen LogP contribution in [0.15, 0.2) is 36.4 Å². The van der Waals surface area contributed by atoms with Gasteiger partial charge in [0.25, 0.3) is 5.91 Å². The molecule has 156 valence electrons. The molecular formula is C23H24N2O5. The summed E-state index contributed by atoms with van der Waals surface area (Å²) in [5.41, 5.74) is 2.46. The van der Waals surface area contributed by atoms with Crippen molar-refractivity contribution in [3.8, 4) is 11.5 Å². The van der Waals surface area contributed by atoms with Crippen molar-refractivity contribution in [2.75, 3.05) is 50.3 Å². The number of likely N-dealkylation sites (N-methyl/N-ethyl adjacent to an activating group) is 2. The molecule has 0 aromatic heterocycles. The van der Waals surface area contributed by atoms with E-state index in [1.54, 1.807) is 30.0 Å². The topological polar surface area (TPSA) is 68.3 Å². The fraction of sp³-hybridized carbons (Fsp3) is 0.391. The van der Waals surface area contributed by atoms with E-state index >= 15 is 0 Å². The van der Waals surface area contributed by atoms with Crippen LogP contribution in [-0.4, -0.2) is 52.3 Å². The van der Waals surface area contributed by atoms with Gasteiger partial charge in [-0.2, -0.15) is 0 Å². The van der Waals surface area contributed by atoms with E-state index in [-0.39, 0.29) is 25.0 Å². The zero-order valence-electron chi connectivity index (χ0n) is 17.1. The van der Waals surface area contributed by atoms with Gasteiger partial charge in [0, 0.05) is 44.6 Å². The van der Waals surface area contributed by atoms with Crippen molar-refractivity contribution in [2.24, 2.45) is 0 Å². The van der Waals surface area contributed by atoms with E-state index in [2.05, 4.69) is 0 Å². The van der Waals surface area contributed by atoms with Crippen molar-refractivity contribution in [2.45, 2.75) is 18.3 Å². The smallest absolute Gasteiger partial charge is 0.264 e. The highest BCUT2D eigenvalue weighted by molar-refractivity contribution is 6.11. The number of fused-ring (bicyclic) bond motifs is 5. The van der Waals surface area contributed by atoms with Crippen molar-refractivity contribution in [3.63, 3.8) is 0 Å². The molecule has 4 aliphatic heterocycles. The largest absolute Gasteiger partial charge is 0.491 e. The van der Waals surface area contributed by atoms with E-state index < -0.39 is 5.41 Å². The number of ether oxygens (including phenoxy) is 3. The Morgan fingerprint density at radius 3 is 2.37 bits per heavy atom. The molecule has 1 atom stereocenters. The van der Waals surface area contributed by atoms with Gasteiger partial charge in [-0.05, 0) is 30.5 Å². The Morgan fingerprint density at radius 2 is 1.63 bits per heavy atom. The molecule has 4 heterocycles. The molecule has 7 nitrogen and oxygen atoms in total. The predicted molar refractivity (Wildman–Crippen MR) is 112 cm³/mol. The third-order valence-electron chi connectivity index (χ3n) is 6.27. The van der Waals surface area contributed by atoms with Gasteiger partial charge >= 0.3 is 0 Å². The lowest BCUT2D eigenvalue weighted by Crippen LogP contribution is -2.41. The average Bonchev–Trinajstić information content (AvgIpc) is 3.50. The van der Waals surface area contributed by atoms with Crippen LogP contribution >= 0.6 is 0 Å². The molecular weight excluding hydrogens is 384 g/mol. The Bertz CT molecular complexity index is 1020. The number of rotatable bonds is 0. The van der Waals surface area contributed by atoms with Gasteiger partial charge < -0.3 is 24.0 Å². The van der Waals surface area contributed by atoms with Crippen molar-refractivity contribution in [1.29, 1.82) is 0 Å². The molecule has 2 amide bonds. The maximum absolute atomic E-state index is 13.2. The lowest BCUT2D eigenvalue weighted by Gasteiger charge is -2.27. The van der Waals surface area contributed by atoms with E-state index in [4.69, 9.17) is 14.2 Å². The molecule has 1 fully saturated rings. The summed E-state index contributed by atoms with van der Waals surface area (Å²) in [7, 11) is 3.50. The van der Waals surface area contributed by atoms with E-state index in [0.717, 1.165) is 30.0 Å². The lowest BCUT2D eigenvalue weighted by atomic mass is 9.77. The molecule has 0 saturated carbocycles. The number of carbonyl (C=O) groups excluding carboxylic acids is 2. The number of benzene rings is 2. The summed E-state index contributed by atoms with van der Waals surface area (Å²) >= 11 is 0. The Hall–Kier alpha value is -3.06. The zero-order valence-corrected chi connectivity index (χ0v) is 17.1. The zero-order chi connectivity index (χ0) is 20.9. The van der Waals surface area contributed by atoms with Gasteiger partial charge in [0.2, 0.25) is 5.91 Å². The second-order valence-electron chi connectivity index (χ2n) is 7.95. The van der Waals surface area contributed by atoms with Crippen LogP contribution < -0.4 is 19.3 Å². The van der Waals surface area contributed by atoms with Crippen LogP contribution in [-0.2, 0) is 19.7 Å². The van der Waals surface area contributed by atoms with Gasteiger partial charge in [-0.1, -0.05) is 18.2 Å². The van der Waals surface area contributed by atoms with Crippen molar-refractivity contribution < 1.29 is 23.8 Å². The molecule has 6 rings (SSSR count). The van der Waals surface area contributed by atoms with E-state index in [9.17, 15) is 9.59 Å². The normalized spacial score (nSPS) is 23.4. The van der Waals surface area contributed by atoms with Crippen LogP contribution in [0.2, 0.25) is 0 Å². The molecule has 2 aromatic rings. The quantitative estimate of drug-likeness (QED) is 0.670. The van der Waals surface area contributed by atoms with Crippen LogP contribution in [0, 0.1) is 0 Å². The fourth-order valence-electron chi connectivity index (χ4n) is 4.56. The Balaban J connectivity index is 0.000000340. The van der Waals surface area contributed by atoms with Gasteiger partial charge in [0.05, 0.1) is 5.69 Å². The summed E-state index contributed by atoms with van der Waals surface area (Å²) in [6.07, 6.45) is 2.56. The number of amides is 2. The highest BCUT2D eigenvalue weighted by Gasteiger charge is 2.56. The lowest BCUT2D eigenvalue weighted by molar-refractivity contribution is -0.122. The Kier molecular flexibility index (Phi) is 4.43. The molecule has 1 spiro atoms. The average molecular weight is 408 g/mol. The first-order chi connectivity index (χ1) is 14.5. The third-order valence-corrected chi connectivity index (χ3v) is 6.27. The number of nitrogens with zero attached hydrogens (tertiary/aromatic N) is 2. The summed E-state index contributed by atoms with van der Waals surface area (Å²) in [5, 5.41) is 0. The molecule has 0 aliphatic carbocycles. The second-order valence-corrected chi connectivity index (χ2v) is 7.95. The molecule has 1 unspecified atom stereocenters. The van der Waals surface area contributed by atoms with Crippen molar-refractivity contribution >= 4 is 23.2 Å². The van der Waals surface area contributed by atoms with Crippen LogP contribution in [0.4, 0.5) is 11.4 Å². The minimum Gasteiger partial charge on any atom is -0.491 e. The third kappa shape index (κ3) is 2.61. The predicted octanol–water partition coefficient (Wildman–Crippen LogP) is 2.49. The van der Waals surface area contributed by atoms with Crippen LogP contribution in [0.25, 0.3) is 0 Å². The monoisotopic (exact) mass is 408 g/mol. The van der Waals surface area contributed by atoms with E-state index in [0.29, 0.717) is 17.2 Å². The summed E-state index contributed by atoms with van der Waals surface area (Å²) < 4.78 is 16.5. The van der Waals surface area contributed by atoms with Gasteiger partial charge in [0.1, 0.15) is 23.5 Å². The maximum Gasteiger partial charge on any atom is 0.264 e. The SMILES string of the molecule is C1CCOC1.CN1C(=O)COc2cc3c(cc21)OCC31C(=O)N(C)c2ccccc21. The fourth-order valence-corrected chi connectivity index (χ4v) is 4.56. The number of hydrogen-bond acceptors (Lipinski definition) is 5. The van der Waals surface area contributed by atoms with Crippen LogP contribution in [0.3, 0.4) is 0 Å². The first-order valence-electron chi connectivity index (χ1n) is 10.2. The minimum atomic E-state index is -0.848. The number of carbonyl (C=O) groups is 2. The molecule has 0 N–H and O–H groups in total. The molecule has 4 aliphatic rings. The Morgan fingerprint density at radius 1 is 0.867 bits per heavy atom. The van der Waals surface area contributed by atoms with Gasteiger partial charge in [-0.25, -0.2) is 0 Å². The van der Waals surface area contributed by atoms with Crippen molar-refractivity contribution in [3.05, 3.63) is 47.5 Å². The van der Waals surface area contributed by atoms with Crippen LogP contribution in [0.5, 0.6) is 11.5 Å². The maximum atomic E-state index is 13.2. The van der Waals surface area contributed by atoms with Gasteiger partial charge in [-0.15, -0.1) is 0 Å². The highest BCUT2D eigenvalue weighted by Crippen LogP contribution is 2.54. The summed E-state index contributed by atoms with van der Waals surface area (Å²) in [6, 6.07) is 11.4. The van der Waals surface area contributed by atoms with Gasteiger partial charge in [-0.3, -0.25) is 9.59 Å². The number of para-hydroxylation sites is 1. The molecule has 0 bridgehead atoms. The minimum absolute atomic E-state index is 0.000575. The van der Waals surface area contributed by atoms with E-state index in [1.165, 1.54) is 12.8 Å². The summed E-state index contributed by atoms with van der Waals surface area (Å²) in [6.45, 7) is 2.25. The molecule has 2 aromatic carbocycles. The van der Waals surface area contributed by atoms with Gasteiger partial charge in [0.15, 0.2) is 6.61 Å². The van der Waals surface area contributed by atoms with Crippen LogP contribution in [0.1, 0.15) is 24.0 Å². The highest BCUT2D eigenvalue weighted by atomic mass is 16.5. The first kappa shape index (κ1) is 18.9. The summed E-state index contributed by atoms with van der Waals surface area (Å²) in [5.74, 6) is 1.11. The standard InChI is InChI=1S/C19H16N2O4.C4H8O/c1-20-14-8-15-12(7-16(14)24-9-17(20)22)19(10-25-15)11-5-3-4-6-13(11)21(2)18(19)23;1-2-4-5-3-1/h3-8H,9-10H2,1-2H3;1-4H2.